The molecule has 1 aliphatic rings. The third-order valence-electron chi connectivity index (χ3n) is 3.84. The monoisotopic (exact) mass is 287 g/mol. The first-order chi connectivity index (χ1) is 9.92. The molecule has 20 heavy (non-hydrogen) atoms. The summed E-state index contributed by atoms with van der Waals surface area (Å²) in [5, 5.41) is 3.23. The van der Waals surface area contributed by atoms with Crippen molar-refractivity contribution >= 4 is 16.5 Å². The van der Waals surface area contributed by atoms with Crippen LogP contribution in [0.1, 0.15) is 12.0 Å². The van der Waals surface area contributed by atoms with Crippen molar-refractivity contribution in [1.29, 1.82) is 0 Å². The van der Waals surface area contributed by atoms with Crippen LogP contribution in [0.25, 0.3) is 0 Å². The van der Waals surface area contributed by atoms with Gasteiger partial charge in [-0.3, -0.25) is 4.90 Å². The van der Waals surface area contributed by atoms with E-state index in [1.807, 2.05) is 6.20 Å². The van der Waals surface area contributed by atoms with Crippen LogP contribution in [0.3, 0.4) is 0 Å². The number of piperazine rings is 1. The molecule has 1 aromatic heterocycles. The lowest BCUT2D eigenvalue weighted by molar-refractivity contribution is 0.255. The zero-order chi connectivity index (χ0) is 13.6. The number of thiazole rings is 1. The van der Waals surface area contributed by atoms with Crippen LogP contribution in [-0.4, -0.2) is 42.6 Å². The van der Waals surface area contributed by atoms with E-state index in [2.05, 4.69) is 50.5 Å². The molecule has 0 spiro atoms. The second-order valence-corrected chi connectivity index (χ2v) is 6.11. The number of aryl methyl sites for hydroxylation is 1. The minimum absolute atomic E-state index is 1.11. The summed E-state index contributed by atoms with van der Waals surface area (Å²) in [7, 11) is 0. The van der Waals surface area contributed by atoms with Crippen molar-refractivity contribution in [2.75, 3.05) is 37.6 Å². The van der Waals surface area contributed by atoms with Gasteiger partial charge in [-0.25, -0.2) is 4.98 Å². The Labute approximate surface area is 124 Å². The normalized spacial score (nSPS) is 16.5. The smallest absolute Gasteiger partial charge is 0.185 e. The third kappa shape index (κ3) is 3.58. The summed E-state index contributed by atoms with van der Waals surface area (Å²) in [5.74, 6) is 0. The molecule has 106 valence electrons. The number of hydrogen-bond acceptors (Lipinski definition) is 4. The van der Waals surface area contributed by atoms with Crippen molar-refractivity contribution < 1.29 is 0 Å². The van der Waals surface area contributed by atoms with E-state index in [9.17, 15) is 0 Å². The van der Waals surface area contributed by atoms with Gasteiger partial charge in [-0.1, -0.05) is 30.3 Å². The predicted molar refractivity (Wildman–Crippen MR) is 85.5 cm³/mol. The molecule has 1 fully saturated rings. The van der Waals surface area contributed by atoms with Gasteiger partial charge in [-0.2, -0.15) is 0 Å². The lowest BCUT2D eigenvalue weighted by atomic mass is 10.1. The fourth-order valence-corrected chi connectivity index (χ4v) is 3.38. The van der Waals surface area contributed by atoms with E-state index < -0.39 is 0 Å². The molecule has 0 unspecified atom stereocenters. The van der Waals surface area contributed by atoms with Gasteiger partial charge in [0.05, 0.1) is 0 Å². The van der Waals surface area contributed by atoms with Crippen LogP contribution in [0.15, 0.2) is 41.9 Å². The molecule has 1 aromatic carbocycles. The molecular formula is C16H21N3S. The summed E-state index contributed by atoms with van der Waals surface area (Å²) in [6.07, 6.45) is 4.33. The Morgan fingerprint density at radius 3 is 2.55 bits per heavy atom. The molecule has 0 atom stereocenters. The van der Waals surface area contributed by atoms with Gasteiger partial charge >= 0.3 is 0 Å². The molecule has 1 aliphatic heterocycles. The Kier molecular flexibility index (Phi) is 4.66. The van der Waals surface area contributed by atoms with Crippen molar-refractivity contribution in [3.05, 3.63) is 47.5 Å². The van der Waals surface area contributed by atoms with Crippen molar-refractivity contribution in [3.8, 4) is 0 Å². The van der Waals surface area contributed by atoms with Crippen molar-refractivity contribution in [2.24, 2.45) is 0 Å². The van der Waals surface area contributed by atoms with Crippen LogP contribution < -0.4 is 4.90 Å². The summed E-state index contributed by atoms with van der Waals surface area (Å²) >= 11 is 1.74. The Balaban J connectivity index is 1.39. The summed E-state index contributed by atoms with van der Waals surface area (Å²) in [4.78, 5) is 9.37. The Bertz CT molecular complexity index is 490. The number of nitrogens with zero attached hydrogens (tertiary/aromatic N) is 3. The lowest BCUT2D eigenvalue weighted by Crippen LogP contribution is -2.46. The number of aromatic nitrogens is 1. The third-order valence-corrected chi connectivity index (χ3v) is 4.68. The molecule has 2 heterocycles. The molecule has 1 saturated heterocycles. The SMILES string of the molecule is c1ccc(CCCN2CCN(c3nccs3)CC2)cc1. The number of rotatable bonds is 5. The van der Waals surface area contributed by atoms with Crippen LogP contribution in [-0.2, 0) is 6.42 Å². The van der Waals surface area contributed by atoms with Crippen LogP contribution >= 0.6 is 11.3 Å². The molecule has 0 radical (unpaired) electrons. The Morgan fingerprint density at radius 2 is 1.85 bits per heavy atom. The molecule has 0 bridgehead atoms. The van der Waals surface area contributed by atoms with E-state index in [0.29, 0.717) is 0 Å². The molecule has 0 aliphatic carbocycles. The standard InChI is InChI=1S/C16H21N3S/c1-2-5-15(6-3-1)7-4-9-18-10-12-19(13-11-18)16-17-8-14-20-16/h1-3,5-6,8,14H,4,7,9-13H2. The Hall–Kier alpha value is -1.39. The highest BCUT2D eigenvalue weighted by Crippen LogP contribution is 2.18. The van der Waals surface area contributed by atoms with Crippen molar-refractivity contribution in [1.82, 2.24) is 9.88 Å². The minimum atomic E-state index is 1.11. The number of hydrogen-bond donors (Lipinski definition) is 0. The van der Waals surface area contributed by atoms with Gasteiger partial charge in [-0.05, 0) is 24.9 Å². The maximum absolute atomic E-state index is 4.39. The van der Waals surface area contributed by atoms with Gasteiger partial charge in [-0.15, -0.1) is 11.3 Å². The van der Waals surface area contributed by atoms with Crippen LogP contribution in [0.5, 0.6) is 0 Å². The first-order valence-electron chi connectivity index (χ1n) is 7.32. The lowest BCUT2D eigenvalue weighted by Gasteiger charge is -2.34. The van der Waals surface area contributed by atoms with E-state index in [4.69, 9.17) is 0 Å². The van der Waals surface area contributed by atoms with Gasteiger partial charge in [0.25, 0.3) is 0 Å². The van der Waals surface area contributed by atoms with Crippen LogP contribution in [0.4, 0.5) is 5.13 Å². The maximum Gasteiger partial charge on any atom is 0.185 e. The van der Waals surface area contributed by atoms with Gasteiger partial charge in [0.15, 0.2) is 5.13 Å². The summed E-state index contributed by atoms with van der Waals surface area (Å²) in [6, 6.07) is 10.8. The molecular weight excluding hydrogens is 266 g/mol. The molecule has 3 nitrogen and oxygen atoms in total. The highest BCUT2D eigenvalue weighted by Gasteiger charge is 2.17. The van der Waals surface area contributed by atoms with Crippen molar-refractivity contribution in [3.63, 3.8) is 0 Å². The fourth-order valence-electron chi connectivity index (χ4n) is 2.69. The highest BCUT2D eigenvalue weighted by atomic mass is 32.1. The van der Waals surface area contributed by atoms with Crippen LogP contribution in [0, 0.1) is 0 Å². The average molecular weight is 287 g/mol. The number of benzene rings is 1. The van der Waals surface area contributed by atoms with Gasteiger partial charge in [0, 0.05) is 37.8 Å². The predicted octanol–water partition coefficient (Wildman–Crippen LogP) is 2.90. The quantitative estimate of drug-likeness (QED) is 0.843. The second-order valence-electron chi connectivity index (χ2n) is 5.23. The second kappa shape index (κ2) is 6.86. The maximum atomic E-state index is 4.39. The molecule has 0 N–H and O–H groups in total. The molecule has 3 rings (SSSR count). The van der Waals surface area contributed by atoms with E-state index in [-0.39, 0.29) is 0 Å². The molecule has 2 aromatic rings. The van der Waals surface area contributed by atoms with Crippen molar-refractivity contribution in [2.45, 2.75) is 12.8 Å². The van der Waals surface area contributed by atoms with Gasteiger partial charge < -0.3 is 4.90 Å². The highest BCUT2D eigenvalue weighted by molar-refractivity contribution is 7.13. The van der Waals surface area contributed by atoms with Crippen LogP contribution in [0.2, 0.25) is 0 Å². The summed E-state index contributed by atoms with van der Waals surface area (Å²) < 4.78 is 0. The van der Waals surface area contributed by atoms with E-state index in [1.165, 1.54) is 30.1 Å². The Morgan fingerprint density at radius 1 is 1.05 bits per heavy atom. The zero-order valence-electron chi connectivity index (χ0n) is 11.7. The topological polar surface area (TPSA) is 19.4 Å². The first kappa shape index (κ1) is 13.6. The molecule has 0 saturated carbocycles. The molecule has 0 amide bonds. The van der Waals surface area contributed by atoms with E-state index in [1.54, 1.807) is 11.3 Å². The fraction of sp³-hybridized carbons (Fsp3) is 0.438. The van der Waals surface area contributed by atoms with E-state index in [0.717, 1.165) is 26.2 Å². The zero-order valence-corrected chi connectivity index (χ0v) is 12.6. The largest absolute Gasteiger partial charge is 0.346 e. The first-order valence-corrected chi connectivity index (χ1v) is 8.20. The van der Waals surface area contributed by atoms with Gasteiger partial charge in [0.2, 0.25) is 0 Å². The molecule has 4 heteroatoms. The average Bonchev–Trinajstić information content (AvgIpc) is 3.03. The summed E-state index contributed by atoms with van der Waals surface area (Å²) in [6.45, 7) is 5.75. The van der Waals surface area contributed by atoms with Gasteiger partial charge in [0.1, 0.15) is 0 Å². The number of anilines is 1. The van der Waals surface area contributed by atoms with E-state index >= 15 is 0 Å². The summed E-state index contributed by atoms with van der Waals surface area (Å²) in [5.41, 5.74) is 1.45. The minimum Gasteiger partial charge on any atom is -0.346 e.